The Bertz CT molecular complexity index is 515. The molecule has 0 saturated carbocycles. The SMILES string of the molecule is CC(CCCCCN=[N+]=[N-])(C(=O)O)c1cccc(I)c1. The van der Waals surface area contributed by atoms with E-state index in [2.05, 4.69) is 32.6 Å². The summed E-state index contributed by atoms with van der Waals surface area (Å²) in [5, 5.41) is 13.0. The first kappa shape index (κ1) is 16.8. The number of carboxylic acids is 1. The van der Waals surface area contributed by atoms with E-state index in [0.717, 1.165) is 28.4 Å². The molecule has 108 valence electrons. The smallest absolute Gasteiger partial charge is 0.313 e. The summed E-state index contributed by atoms with van der Waals surface area (Å²) in [7, 11) is 0. The van der Waals surface area contributed by atoms with Crippen molar-refractivity contribution in [2.24, 2.45) is 5.11 Å². The Kier molecular flexibility index (Phi) is 6.81. The molecule has 0 aliphatic heterocycles. The third kappa shape index (κ3) is 4.68. The van der Waals surface area contributed by atoms with Gasteiger partial charge in [-0.25, -0.2) is 0 Å². The third-order valence-corrected chi connectivity index (χ3v) is 4.10. The van der Waals surface area contributed by atoms with Gasteiger partial charge in [0.25, 0.3) is 0 Å². The Morgan fingerprint density at radius 2 is 2.20 bits per heavy atom. The van der Waals surface area contributed by atoms with E-state index in [0.29, 0.717) is 13.0 Å². The number of hydrogen-bond acceptors (Lipinski definition) is 2. The fraction of sp³-hybridized carbons (Fsp3) is 0.500. The molecule has 0 bridgehead atoms. The zero-order valence-corrected chi connectivity index (χ0v) is 13.6. The van der Waals surface area contributed by atoms with Crippen LogP contribution in [0.15, 0.2) is 29.4 Å². The number of aliphatic carboxylic acids is 1. The Labute approximate surface area is 132 Å². The maximum atomic E-state index is 11.6. The summed E-state index contributed by atoms with van der Waals surface area (Å²) in [6.07, 6.45) is 3.05. The molecule has 1 rings (SSSR count). The Balaban J connectivity index is 2.68. The standard InChI is InChI=1S/C14H18IN3O2/c1-14(13(19)20,8-3-2-4-9-17-18-16)11-6-5-7-12(15)10-11/h5-7,10H,2-4,8-9H2,1H3,(H,19,20). The molecule has 20 heavy (non-hydrogen) atoms. The van der Waals surface area contributed by atoms with Crippen LogP contribution in [0, 0.1) is 3.57 Å². The fourth-order valence-electron chi connectivity index (χ4n) is 2.09. The van der Waals surface area contributed by atoms with Gasteiger partial charge in [-0.1, -0.05) is 30.1 Å². The summed E-state index contributed by atoms with van der Waals surface area (Å²) in [6.45, 7) is 2.25. The van der Waals surface area contributed by atoms with E-state index in [4.69, 9.17) is 5.53 Å². The maximum absolute atomic E-state index is 11.6. The minimum atomic E-state index is -0.861. The van der Waals surface area contributed by atoms with Crippen molar-refractivity contribution in [2.45, 2.75) is 38.0 Å². The second-order valence-electron chi connectivity index (χ2n) is 4.91. The predicted molar refractivity (Wildman–Crippen MR) is 86.6 cm³/mol. The summed E-state index contributed by atoms with van der Waals surface area (Å²) in [5.74, 6) is -0.797. The van der Waals surface area contributed by atoms with Crippen LogP contribution in [0.4, 0.5) is 0 Å². The second kappa shape index (κ2) is 8.11. The molecule has 0 aromatic heterocycles. The average Bonchev–Trinajstić information content (AvgIpc) is 2.42. The van der Waals surface area contributed by atoms with Crippen LogP contribution in [0.1, 0.15) is 38.2 Å². The van der Waals surface area contributed by atoms with Gasteiger partial charge in [-0.15, -0.1) is 0 Å². The van der Waals surface area contributed by atoms with Crippen LogP contribution in [0.2, 0.25) is 0 Å². The van der Waals surface area contributed by atoms with Crippen LogP contribution in [-0.4, -0.2) is 17.6 Å². The molecule has 0 saturated heterocycles. The van der Waals surface area contributed by atoms with E-state index >= 15 is 0 Å². The van der Waals surface area contributed by atoms with Gasteiger partial charge in [-0.2, -0.15) is 0 Å². The van der Waals surface area contributed by atoms with Crippen molar-refractivity contribution in [3.63, 3.8) is 0 Å². The number of rotatable bonds is 8. The van der Waals surface area contributed by atoms with E-state index in [-0.39, 0.29) is 0 Å². The van der Waals surface area contributed by atoms with Crippen molar-refractivity contribution in [3.05, 3.63) is 43.8 Å². The largest absolute Gasteiger partial charge is 0.481 e. The first-order valence-electron chi connectivity index (χ1n) is 6.51. The zero-order chi connectivity index (χ0) is 15.0. The minimum Gasteiger partial charge on any atom is -0.481 e. The normalized spacial score (nSPS) is 13.3. The third-order valence-electron chi connectivity index (χ3n) is 3.43. The van der Waals surface area contributed by atoms with Gasteiger partial charge in [0.2, 0.25) is 0 Å². The van der Waals surface area contributed by atoms with E-state index < -0.39 is 11.4 Å². The molecule has 1 aromatic carbocycles. The van der Waals surface area contributed by atoms with Crippen LogP contribution in [0.5, 0.6) is 0 Å². The summed E-state index contributed by atoms with van der Waals surface area (Å²) in [4.78, 5) is 14.3. The number of unbranched alkanes of at least 4 members (excludes halogenated alkanes) is 2. The lowest BCUT2D eigenvalue weighted by atomic mass is 9.78. The minimum absolute atomic E-state index is 0.476. The molecule has 0 aliphatic carbocycles. The van der Waals surface area contributed by atoms with Gasteiger partial charge in [0.15, 0.2) is 0 Å². The van der Waals surface area contributed by atoms with E-state index in [1.165, 1.54) is 0 Å². The first-order chi connectivity index (χ1) is 9.50. The fourth-order valence-corrected chi connectivity index (χ4v) is 2.63. The second-order valence-corrected chi connectivity index (χ2v) is 6.16. The highest BCUT2D eigenvalue weighted by Crippen LogP contribution is 2.31. The number of nitrogens with zero attached hydrogens (tertiary/aromatic N) is 3. The highest BCUT2D eigenvalue weighted by atomic mass is 127. The molecule has 0 spiro atoms. The zero-order valence-electron chi connectivity index (χ0n) is 11.4. The Hall–Kier alpha value is -1.27. The molecule has 0 heterocycles. The lowest BCUT2D eigenvalue weighted by Crippen LogP contribution is -2.32. The predicted octanol–water partition coefficient (Wildman–Crippen LogP) is 4.50. The summed E-state index contributed by atoms with van der Waals surface area (Å²) in [6, 6.07) is 7.64. The van der Waals surface area contributed by atoms with Crippen molar-refractivity contribution in [3.8, 4) is 0 Å². The van der Waals surface area contributed by atoms with Crippen molar-refractivity contribution in [2.75, 3.05) is 6.54 Å². The number of halogens is 1. The number of azide groups is 1. The lowest BCUT2D eigenvalue weighted by Gasteiger charge is -2.25. The number of benzene rings is 1. The summed E-state index contributed by atoms with van der Waals surface area (Å²) in [5.41, 5.74) is 8.16. The first-order valence-corrected chi connectivity index (χ1v) is 7.59. The summed E-state index contributed by atoms with van der Waals surface area (Å²) < 4.78 is 1.04. The maximum Gasteiger partial charge on any atom is 0.313 e. The quantitative estimate of drug-likeness (QED) is 0.234. The molecule has 1 atom stereocenters. The highest BCUT2D eigenvalue weighted by molar-refractivity contribution is 14.1. The number of hydrogen-bond donors (Lipinski definition) is 1. The van der Waals surface area contributed by atoms with E-state index in [1.807, 2.05) is 24.3 Å². The molecule has 1 aromatic rings. The van der Waals surface area contributed by atoms with Crippen LogP contribution >= 0.6 is 22.6 Å². The monoisotopic (exact) mass is 387 g/mol. The number of carboxylic acid groups (broad SMARTS) is 1. The van der Waals surface area contributed by atoms with Gasteiger partial charge in [-0.05, 0) is 65.6 Å². The van der Waals surface area contributed by atoms with Gasteiger partial charge in [0.05, 0.1) is 5.41 Å². The van der Waals surface area contributed by atoms with Gasteiger partial charge in [-0.3, -0.25) is 4.79 Å². The lowest BCUT2D eigenvalue weighted by molar-refractivity contribution is -0.143. The van der Waals surface area contributed by atoms with Crippen LogP contribution < -0.4 is 0 Å². The molecule has 1 unspecified atom stereocenters. The van der Waals surface area contributed by atoms with Crippen molar-refractivity contribution in [1.29, 1.82) is 0 Å². The molecule has 6 heteroatoms. The number of carbonyl (C=O) groups is 1. The van der Waals surface area contributed by atoms with Gasteiger partial charge in [0.1, 0.15) is 0 Å². The topological polar surface area (TPSA) is 86.1 Å². The van der Waals surface area contributed by atoms with E-state index in [9.17, 15) is 9.90 Å². The van der Waals surface area contributed by atoms with Crippen molar-refractivity contribution < 1.29 is 9.90 Å². The molecule has 0 radical (unpaired) electrons. The van der Waals surface area contributed by atoms with Crippen LogP contribution in [0.25, 0.3) is 10.4 Å². The molecular formula is C14H18IN3O2. The highest BCUT2D eigenvalue weighted by Gasteiger charge is 2.34. The molecule has 0 amide bonds. The van der Waals surface area contributed by atoms with Crippen molar-refractivity contribution >= 4 is 28.6 Å². The van der Waals surface area contributed by atoms with Crippen LogP contribution in [-0.2, 0) is 10.2 Å². The van der Waals surface area contributed by atoms with Crippen molar-refractivity contribution in [1.82, 2.24) is 0 Å². The van der Waals surface area contributed by atoms with Gasteiger partial charge < -0.3 is 5.11 Å². The molecule has 1 N–H and O–H groups in total. The van der Waals surface area contributed by atoms with Crippen LogP contribution in [0.3, 0.4) is 0 Å². The molecule has 0 fully saturated rings. The molecular weight excluding hydrogens is 369 g/mol. The average molecular weight is 387 g/mol. The van der Waals surface area contributed by atoms with Gasteiger partial charge in [0, 0.05) is 15.0 Å². The van der Waals surface area contributed by atoms with Gasteiger partial charge >= 0.3 is 5.97 Å². The Morgan fingerprint density at radius 1 is 1.45 bits per heavy atom. The molecule has 5 nitrogen and oxygen atoms in total. The molecule has 0 aliphatic rings. The van der Waals surface area contributed by atoms with E-state index in [1.54, 1.807) is 6.92 Å². The Morgan fingerprint density at radius 3 is 2.80 bits per heavy atom. The summed E-state index contributed by atoms with van der Waals surface area (Å²) >= 11 is 2.19.